The van der Waals surface area contributed by atoms with Crippen LogP contribution in [0.25, 0.3) is 5.57 Å². The Bertz CT molecular complexity index is 967. The fourth-order valence-corrected chi connectivity index (χ4v) is 3.67. The lowest BCUT2D eigenvalue weighted by Gasteiger charge is -2.32. The van der Waals surface area contributed by atoms with Crippen molar-refractivity contribution >= 4 is 22.9 Å². The van der Waals surface area contributed by atoms with Gasteiger partial charge in [0, 0.05) is 41.9 Å². The number of benzene rings is 1. The first-order valence-corrected chi connectivity index (χ1v) is 9.01. The molecular formula is C21H21N3O4. The Kier molecular flexibility index (Phi) is 5.63. The van der Waals surface area contributed by atoms with Gasteiger partial charge in [-0.25, -0.2) is 0 Å². The molecule has 0 spiro atoms. The fraction of sp³-hybridized carbons (Fsp3) is 0.286. The van der Waals surface area contributed by atoms with Gasteiger partial charge in [-0.15, -0.1) is 0 Å². The summed E-state index contributed by atoms with van der Waals surface area (Å²) in [6, 6.07) is 10.1. The summed E-state index contributed by atoms with van der Waals surface area (Å²) in [6.45, 7) is 5.65. The van der Waals surface area contributed by atoms with Gasteiger partial charge in [-0.05, 0) is 43.5 Å². The van der Waals surface area contributed by atoms with Gasteiger partial charge in [0.1, 0.15) is 5.92 Å². The quantitative estimate of drug-likeness (QED) is 0.442. The van der Waals surface area contributed by atoms with Crippen LogP contribution in [0.1, 0.15) is 37.8 Å². The molecule has 0 N–H and O–H groups in total. The Morgan fingerprint density at radius 2 is 2.04 bits per heavy atom. The number of aromatic nitrogens is 1. The number of non-ortho nitro benzene ring substituents is 1. The molecule has 0 bridgehead atoms. The smallest absolute Gasteiger partial charge is 0.315 e. The summed E-state index contributed by atoms with van der Waals surface area (Å²) in [5, 5.41) is 11.3. The molecule has 2 atom stereocenters. The van der Waals surface area contributed by atoms with Crippen LogP contribution in [0, 0.1) is 16.0 Å². The largest absolute Gasteiger partial charge is 0.465 e. The van der Waals surface area contributed by atoms with Gasteiger partial charge < -0.3 is 4.74 Å². The second-order valence-electron chi connectivity index (χ2n) is 6.55. The highest BCUT2D eigenvalue weighted by Crippen LogP contribution is 2.44. The average molecular weight is 379 g/mol. The number of carbonyl (C=O) groups is 1. The van der Waals surface area contributed by atoms with E-state index in [1.165, 1.54) is 12.1 Å². The zero-order valence-corrected chi connectivity index (χ0v) is 16.0. The third kappa shape index (κ3) is 3.69. The second kappa shape index (κ2) is 8.12. The van der Waals surface area contributed by atoms with Gasteiger partial charge >= 0.3 is 5.97 Å². The summed E-state index contributed by atoms with van der Waals surface area (Å²) >= 11 is 0. The molecule has 0 aliphatic carbocycles. The van der Waals surface area contributed by atoms with Crippen molar-refractivity contribution in [2.75, 3.05) is 6.61 Å². The number of nitro benzene ring substituents is 1. The van der Waals surface area contributed by atoms with Crippen molar-refractivity contribution in [3.63, 3.8) is 0 Å². The van der Waals surface area contributed by atoms with Gasteiger partial charge in [0.2, 0.25) is 0 Å². The first-order valence-electron chi connectivity index (χ1n) is 9.01. The number of carbonyl (C=O) groups excluding carboxylic acids is 1. The van der Waals surface area contributed by atoms with Crippen molar-refractivity contribution in [2.24, 2.45) is 10.9 Å². The first kappa shape index (κ1) is 19.4. The summed E-state index contributed by atoms with van der Waals surface area (Å²) in [7, 11) is 0. The molecule has 2 unspecified atom stereocenters. The van der Waals surface area contributed by atoms with E-state index in [9.17, 15) is 14.9 Å². The molecule has 3 rings (SSSR count). The number of allylic oxidation sites excluding steroid dienone is 2. The number of ether oxygens (including phenoxy) is 1. The van der Waals surface area contributed by atoms with Crippen LogP contribution in [0.15, 0.2) is 59.5 Å². The van der Waals surface area contributed by atoms with Crippen LogP contribution in [-0.2, 0) is 9.53 Å². The molecule has 0 amide bonds. The molecule has 0 radical (unpaired) electrons. The molecule has 1 aromatic carbocycles. The maximum Gasteiger partial charge on any atom is 0.315 e. The molecule has 1 aliphatic heterocycles. The number of rotatable bonds is 5. The van der Waals surface area contributed by atoms with Gasteiger partial charge in [-0.3, -0.25) is 24.9 Å². The molecule has 0 saturated carbocycles. The van der Waals surface area contributed by atoms with Crippen LogP contribution in [0.3, 0.4) is 0 Å². The molecule has 2 aromatic rings. The van der Waals surface area contributed by atoms with Crippen LogP contribution in [0.2, 0.25) is 0 Å². The van der Waals surface area contributed by atoms with Gasteiger partial charge in [-0.1, -0.05) is 18.2 Å². The average Bonchev–Trinajstić information content (AvgIpc) is 2.68. The van der Waals surface area contributed by atoms with Crippen molar-refractivity contribution in [1.29, 1.82) is 0 Å². The zero-order chi connectivity index (χ0) is 20.3. The number of pyridine rings is 1. The van der Waals surface area contributed by atoms with Crippen molar-refractivity contribution < 1.29 is 14.5 Å². The molecule has 144 valence electrons. The van der Waals surface area contributed by atoms with Crippen LogP contribution in [-0.4, -0.2) is 28.2 Å². The second-order valence-corrected chi connectivity index (χ2v) is 6.55. The monoisotopic (exact) mass is 379 g/mol. The Morgan fingerprint density at radius 3 is 2.68 bits per heavy atom. The maximum absolute atomic E-state index is 12.8. The molecule has 2 heterocycles. The van der Waals surface area contributed by atoms with Crippen LogP contribution in [0.5, 0.6) is 0 Å². The first-order chi connectivity index (χ1) is 13.4. The van der Waals surface area contributed by atoms with E-state index in [-0.39, 0.29) is 12.3 Å². The van der Waals surface area contributed by atoms with E-state index in [1.54, 1.807) is 38.4 Å². The lowest BCUT2D eigenvalue weighted by atomic mass is 9.73. The number of aliphatic imine (C=N–C) groups is 1. The van der Waals surface area contributed by atoms with Gasteiger partial charge in [0.15, 0.2) is 0 Å². The Hall–Kier alpha value is -3.35. The Balaban J connectivity index is 2.23. The zero-order valence-electron chi connectivity index (χ0n) is 16.0. The van der Waals surface area contributed by atoms with E-state index in [2.05, 4.69) is 9.98 Å². The van der Waals surface area contributed by atoms with Crippen LogP contribution < -0.4 is 0 Å². The summed E-state index contributed by atoms with van der Waals surface area (Å²) in [5.41, 5.74) is 3.66. The summed E-state index contributed by atoms with van der Waals surface area (Å²) in [5.74, 6) is -1.52. The van der Waals surface area contributed by atoms with Gasteiger partial charge in [0.05, 0.1) is 11.5 Å². The van der Waals surface area contributed by atoms with E-state index >= 15 is 0 Å². The number of nitro groups is 1. The number of hydrogen-bond acceptors (Lipinski definition) is 6. The minimum absolute atomic E-state index is 0.0246. The molecule has 28 heavy (non-hydrogen) atoms. The molecule has 1 aliphatic rings. The lowest BCUT2D eigenvalue weighted by Crippen LogP contribution is -2.34. The number of nitrogens with zero attached hydrogens (tertiary/aromatic N) is 3. The molecule has 0 fully saturated rings. The van der Waals surface area contributed by atoms with E-state index in [0.29, 0.717) is 11.3 Å². The van der Waals surface area contributed by atoms with Gasteiger partial charge in [-0.2, -0.15) is 0 Å². The Morgan fingerprint density at radius 1 is 1.25 bits per heavy atom. The highest BCUT2D eigenvalue weighted by Gasteiger charge is 2.40. The van der Waals surface area contributed by atoms with E-state index in [0.717, 1.165) is 16.8 Å². The predicted molar refractivity (Wildman–Crippen MR) is 106 cm³/mol. The minimum Gasteiger partial charge on any atom is -0.465 e. The van der Waals surface area contributed by atoms with Crippen molar-refractivity contribution in [3.8, 4) is 0 Å². The van der Waals surface area contributed by atoms with Crippen molar-refractivity contribution in [2.45, 2.75) is 26.7 Å². The standard InChI is InChI=1S/C21H21N3O4/c1-4-28-21(25)19-14(3)23-13(2)18(16-8-6-10-22-12-16)20(19)15-7-5-9-17(11-15)24(26)27/h5-12,19-20H,4H2,1-3H3. The number of hydrogen-bond donors (Lipinski definition) is 0. The Labute approximate surface area is 162 Å². The molecule has 7 heteroatoms. The van der Waals surface area contributed by atoms with E-state index in [1.807, 2.05) is 19.1 Å². The summed E-state index contributed by atoms with van der Waals surface area (Å²) in [4.78, 5) is 32.5. The molecule has 7 nitrogen and oxygen atoms in total. The molecule has 1 aromatic heterocycles. The van der Waals surface area contributed by atoms with Crippen molar-refractivity contribution in [3.05, 3.63) is 75.7 Å². The van der Waals surface area contributed by atoms with E-state index < -0.39 is 22.7 Å². The highest BCUT2D eigenvalue weighted by molar-refractivity contribution is 6.06. The highest BCUT2D eigenvalue weighted by atomic mass is 16.6. The van der Waals surface area contributed by atoms with Gasteiger partial charge in [0.25, 0.3) is 5.69 Å². The third-order valence-electron chi connectivity index (χ3n) is 4.78. The topological polar surface area (TPSA) is 94.7 Å². The lowest BCUT2D eigenvalue weighted by molar-refractivity contribution is -0.384. The minimum atomic E-state index is -0.666. The van der Waals surface area contributed by atoms with Crippen molar-refractivity contribution in [1.82, 2.24) is 4.98 Å². The third-order valence-corrected chi connectivity index (χ3v) is 4.78. The molecule has 0 saturated heterocycles. The van der Waals surface area contributed by atoms with E-state index in [4.69, 9.17) is 4.74 Å². The van der Waals surface area contributed by atoms with Crippen LogP contribution >= 0.6 is 0 Å². The number of esters is 1. The summed E-state index contributed by atoms with van der Waals surface area (Å²) in [6.07, 6.45) is 3.38. The predicted octanol–water partition coefficient (Wildman–Crippen LogP) is 4.16. The maximum atomic E-state index is 12.8. The SMILES string of the molecule is CCOC(=O)C1C(C)=NC(C)=C(c2cccnc2)C1c1cccc([N+](=O)[O-])c1. The molecular weight excluding hydrogens is 358 g/mol. The normalized spacial score (nSPS) is 19.2. The fourth-order valence-electron chi connectivity index (χ4n) is 3.67. The van der Waals surface area contributed by atoms with Crippen LogP contribution in [0.4, 0.5) is 5.69 Å². The summed E-state index contributed by atoms with van der Waals surface area (Å²) < 4.78 is 5.31.